The van der Waals surface area contributed by atoms with Gasteiger partial charge >= 0.3 is 5.97 Å². The smallest absolute Gasteiger partial charge is 0.322 e. The van der Waals surface area contributed by atoms with Gasteiger partial charge in [-0.15, -0.1) is 0 Å². The number of hydrogen-bond acceptors (Lipinski definition) is 28. The molecular weight excluding hydrogens is 1920 g/mol. The number of hydrogen-bond donors (Lipinski definition) is 29. The molecule has 0 heterocycles. The fraction of sp³-hybridized carbons (Fsp3) is 0.724. The predicted molar refractivity (Wildman–Crippen MR) is 554 cm³/mol. The van der Waals surface area contributed by atoms with Crippen LogP contribution in [0.3, 0.4) is 0 Å². The van der Waals surface area contributed by atoms with Gasteiger partial charge in [0.2, 0.25) is 112 Å². The van der Waals surface area contributed by atoms with E-state index >= 15 is 0 Å². The number of carboxylic acids is 1. The zero-order valence-corrected chi connectivity index (χ0v) is 89.5. The molecule has 0 bridgehead atoms. The molecule has 36 N–H and O–H groups in total. The average Bonchev–Trinajstić information content (AvgIpc) is 0.843. The van der Waals surface area contributed by atoms with Gasteiger partial charge < -0.3 is 156 Å². The van der Waals surface area contributed by atoms with E-state index in [0.717, 1.165) is 13.8 Å². The van der Waals surface area contributed by atoms with E-state index < -0.39 is 276 Å². The van der Waals surface area contributed by atoms with Gasteiger partial charge in [0.1, 0.15) is 103 Å². The maximum atomic E-state index is 14.9. The van der Waals surface area contributed by atoms with E-state index in [-0.39, 0.29) is 127 Å². The van der Waals surface area contributed by atoms with Crippen LogP contribution in [0.15, 0.2) is 35.3 Å². The normalized spacial score (nSPS) is 15.4. The second-order valence-electron chi connectivity index (χ2n) is 39.9. The molecule has 19 amide bonds. The summed E-state index contributed by atoms with van der Waals surface area (Å²) in [6, 6.07) is -14.8. The first-order valence-electron chi connectivity index (χ1n) is 51.4. The van der Waals surface area contributed by atoms with Crippen molar-refractivity contribution in [2.75, 3.05) is 52.4 Å². The predicted octanol–water partition coefficient (Wildman–Crippen LogP) is -5.73. The lowest BCUT2D eigenvalue weighted by Gasteiger charge is -2.30. The van der Waals surface area contributed by atoms with Gasteiger partial charge in [-0.1, -0.05) is 134 Å². The summed E-state index contributed by atoms with van der Waals surface area (Å²) in [6.45, 7) is 27.2. The largest absolute Gasteiger partial charge is 0.480 e. The first-order valence-corrected chi connectivity index (χ1v) is 51.4. The fourth-order valence-corrected chi connectivity index (χ4v) is 15.3. The van der Waals surface area contributed by atoms with Crippen molar-refractivity contribution in [3.63, 3.8) is 0 Å². The number of aliphatic hydroxyl groups is 2. The molecule has 0 aliphatic heterocycles. The van der Waals surface area contributed by atoms with Gasteiger partial charge in [-0.25, -0.2) is 0 Å². The van der Waals surface area contributed by atoms with Crippen LogP contribution >= 0.6 is 0 Å². The van der Waals surface area contributed by atoms with E-state index in [0.29, 0.717) is 57.1 Å². The quantitative estimate of drug-likeness (QED) is 0.0164. The minimum atomic E-state index is -1.79. The van der Waals surface area contributed by atoms with Crippen LogP contribution in [0.1, 0.15) is 246 Å². The van der Waals surface area contributed by atoms with Crippen LogP contribution in [0, 0.1) is 41.4 Å². The summed E-state index contributed by atoms with van der Waals surface area (Å²) in [4.78, 5) is 283. The fourth-order valence-electron chi connectivity index (χ4n) is 15.3. The van der Waals surface area contributed by atoms with Crippen molar-refractivity contribution in [3.8, 4) is 0 Å². The SMILES string of the molecule is CC[C@H](C)[C@H](NC(=O)CNC(=O)[C@H](CC(C)C)NC(=O)[C@H](CCCN=C(N)N)NC(=O)[C@H](CCCCN)NC(=O)[C@H](Cc1ccccc1)NC(=O)[C@@H](NC(=O)[C@H](CCCCN)NC(=O)[C@H](CCCCN)NC(=O)[C@H](C)N)C(C)C)C(=O)NCC(=O)N[C@@H](C)C(=O)N[C@H](C(=O)N[C@@H](CC(C)C)C(=O)N[C@@H](CCCCN)C(=O)N[C@H](C(=O)N[C@@H](CC(C)C)C(=O)N[C@H](C(=O)N[C@H](C(=O)NCC(=O)O)[C@@H](C)O)[C@@H](C)O)C(C)C)C(C)C. The molecule has 0 radical (unpaired) electrons. The number of amides is 19. The van der Waals surface area contributed by atoms with Crippen LogP contribution in [-0.2, 0) is 102 Å². The van der Waals surface area contributed by atoms with E-state index in [9.17, 15) is 106 Å². The van der Waals surface area contributed by atoms with E-state index in [1.165, 1.54) is 13.8 Å². The van der Waals surface area contributed by atoms with Gasteiger partial charge in [0.05, 0.1) is 31.3 Å². The van der Waals surface area contributed by atoms with Crippen LogP contribution in [0.2, 0.25) is 0 Å². The number of guanidine groups is 1. The Morgan fingerprint density at radius 2 is 0.588 bits per heavy atom. The molecule has 0 aliphatic carbocycles. The summed E-state index contributed by atoms with van der Waals surface area (Å²) in [5.41, 5.74) is 41.0. The molecule has 0 fully saturated rings. The number of nitrogens with zero attached hydrogens (tertiary/aromatic N) is 1. The van der Waals surface area contributed by atoms with Gasteiger partial charge in [0, 0.05) is 13.0 Å². The zero-order valence-electron chi connectivity index (χ0n) is 89.5. The minimum absolute atomic E-state index is 0.000323. The molecule has 1 aromatic carbocycles. The summed E-state index contributed by atoms with van der Waals surface area (Å²) in [5, 5.41) is 79.1. The molecule has 148 heavy (non-hydrogen) atoms. The molecule has 0 unspecified atom stereocenters. The number of nitrogens with two attached hydrogens (primary N) is 7. The van der Waals surface area contributed by atoms with E-state index in [4.69, 9.17) is 45.2 Å². The average molecular weight is 2100 g/mol. The Hall–Kier alpha value is -12.4. The molecular formula is C98H175N27O23. The lowest BCUT2D eigenvalue weighted by Crippen LogP contribution is -2.63. The summed E-state index contributed by atoms with van der Waals surface area (Å²) < 4.78 is 0. The highest BCUT2D eigenvalue weighted by atomic mass is 16.4. The van der Waals surface area contributed by atoms with Crippen molar-refractivity contribution < 1.29 is 111 Å². The Balaban J connectivity index is 3.51. The van der Waals surface area contributed by atoms with Crippen molar-refractivity contribution in [1.82, 2.24) is 101 Å². The second-order valence-corrected chi connectivity index (χ2v) is 39.9. The lowest BCUT2D eigenvalue weighted by molar-refractivity contribution is -0.140. The molecule has 1 aromatic rings. The second kappa shape index (κ2) is 71.3. The number of aliphatic imine (C=N–C) groups is 1. The van der Waals surface area contributed by atoms with E-state index in [1.54, 1.807) is 127 Å². The number of carbonyl (C=O) groups excluding carboxylic acids is 19. The number of rotatable bonds is 74. The van der Waals surface area contributed by atoms with Crippen LogP contribution in [0.25, 0.3) is 0 Å². The monoisotopic (exact) mass is 2100 g/mol. The Morgan fingerprint density at radius 3 is 0.946 bits per heavy atom. The molecule has 50 nitrogen and oxygen atoms in total. The van der Waals surface area contributed by atoms with E-state index in [2.05, 4.69) is 101 Å². The molecule has 840 valence electrons. The third-order valence-corrected chi connectivity index (χ3v) is 24.0. The standard InChI is InChI=1S/C98H175N27O23/c1-19-57(14)78(92(143)108-48-72(128)110-59(16)82(133)121-75(54(8)9)94(145)117-69(45-52(4)5)89(140)115-66(37-26-30-42-102)88(139)122-76(55(10)11)95(146)118-70(46-53(6)7)91(142)124-80(61(18)127)97(148)125-79(60(17)126)93(144)109-50-74(130)131)120-73(129)49-107-83(134)68(44-51(2)3)116-86(137)67(38-31-43-106-98(104)105)113-85(136)64(35-24-28-40-100)114-90(141)71(47-62-32-21-20-22-33-62)119-96(147)77(56(12)13)123-87(138)65(36-25-29-41-101)112-84(135)63(34-23-27-39-99)111-81(132)58(15)103/h20-22,32-33,51-61,63-71,75-80,126-127H,19,23-31,34-50,99-103H2,1-18H3,(H,107,134)(H,108,143)(H,109,144)(H,110,128)(H,111,132)(H,112,135)(H,113,136)(H,114,141)(H,115,140)(H,116,137)(H,117,145)(H,118,146)(H,119,147)(H,120,129)(H,121,133)(H,122,139)(H,123,138)(H,124,142)(H,125,148)(H,130,131)(H4,104,105,106)/t57-,58-,59-,60+,61+,63-,64-,65-,66-,67-,68-,69-,70-,71-,75-,76-,77-,78-,79-,80-/m0/s1. The summed E-state index contributed by atoms with van der Waals surface area (Å²) in [6.07, 6.45) is 0.201. The van der Waals surface area contributed by atoms with Crippen molar-refractivity contribution in [1.29, 1.82) is 0 Å². The number of carboxylic acid groups (broad SMARTS) is 1. The number of nitrogens with one attached hydrogen (secondary N) is 19. The first kappa shape index (κ1) is 134. The lowest BCUT2D eigenvalue weighted by atomic mass is 9.98. The Bertz CT molecular complexity index is 4430. The third-order valence-electron chi connectivity index (χ3n) is 24.0. The van der Waals surface area contributed by atoms with Crippen molar-refractivity contribution in [2.24, 2.45) is 86.6 Å². The van der Waals surface area contributed by atoms with Crippen LogP contribution < -0.4 is 141 Å². The molecule has 0 aromatic heterocycles. The Kier molecular flexibility index (Phi) is 64.4. The number of aliphatic carboxylic acids is 1. The topological polar surface area (TPSA) is 825 Å². The van der Waals surface area contributed by atoms with Crippen LogP contribution in [0.4, 0.5) is 0 Å². The number of aliphatic hydroxyl groups excluding tert-OH is 2. The molecule has 20 atom stereocenters. The van der Waals surface area contributed by atoms with Gasteiger partial charge in [0.25, 0.3) is 0 Å². The summed E-state index contributed by atoms with van der Waals surface area (Å²) >= 11 is 0. The Morgan fingerprint density at radius 1 is 0.304 bits per heavy atom. The number of benzene rings is 1. The molecule has 50 heteroatoms. The number of carbonyl (C=O) groups is 20. The molecule has 0 spiro atoms. The molecule has 0 saturated carbocycles. The van der Waals surface area contributed by atoms with Gasteiger partial charge in [0.15, 0.2) is 5.96 Å². The van der Waals surface area contributed by atoms with Gasteiger partial charge in [-0.3, -0.25) is 101 Å². The number of unbranched alkanes of at least 4 members (excludes halogenated alkanes) is 4. The maximum Gasteiger partial charge on any atom is 0.322 e. The van der Waals surface area contributed by atoms with Crippen LogP contribution in [0.5, 0.6) is 0 Å². The van der Waals surface area contributed by atoms with E-state index in [1.807, 2.05) is 5.32 Å². The van der Waals surface area contributed by atoms with Crippen LogP contribution in [-0.4, -0.2) is 307 Å². The maximum absolute atomic E-state index is 14.9. The highest BCUT2D eigenvalue weighted by Crippen LogP contribution is 2.19. The minimum Gasteiger partial charge on any atom is -0.480 e. The highest BCUT2D eigenvalue weighted by molar-refractivity contribution is 6.02. The summed E-state index contributed by atoms with van der Waals surface area (Å²) in [5.74, 6) is -21.5. The summed E-state index contributed by atoms with van der Waals surface area (Å²) in [7, 11) is 0. The van der Waals surface area contributed by atoms with Crippen molar-refractivity contribution >= 4 is 124 Å². The Labute approximate surface area is 868 Å². The third kappa shape index (κ3) is 52.5. The van der Waals surface area contributed by atoms with Crippen molar-refractivity contribution in [2.45, 2.75) is 362 Å². The molecule has 1 rings (SSSR count). The molecule has 0 saturated heterocycles. The molecule has 0 aliphatic rings. The van der Waals surface area contributed by atoms with Gasteiger partial charge in [-0.05, 0) is 210 Å². The first-order chi connectivity index (χ1) is 69.5. The zero-order chi connectivity index (χ0) is 112. The van der Waals surface area contributed by atoms with Crippen molar-refractivity contribution in [3.05, 3.63) is 35.9 Å². The highest BCUT2D eigenvalue weighted by Gasteiger charge is 2.42. The van der Waals surface area contributed by atoms with Gasteiger partial charge in [-0.2, -0.15) is 0 Å².